The van der Waals surface area contributed by atoms with Gasteiger partial charge >= 0.3 is 0 Å². The van der Waals surface area contributed by atoms with Gasteiger partial charge in [-0.15, -0.1) is 0 Å². The maximum atomic E-state index is 4.20. The normalized spacial score (nSPS) is 11.0. The van der Waals surface area contributed by atoms with Gasteiger partial charge in [0.2, 0.25) is 0 Å². The molecule has 2 heterocycles. The van der Waals surface area contributed by atoms with Gasteiger partial charge in [0, 0.05) is 23.3 Å². The number of imidazole rings is 1. The Labute approximate surface area is 93.5 Å². The van der Waals surface area contributed by atoms with E-state index < -0.39 is 0 Å². The summed E-state index contributed by atoms with van der Waals surface area (Å²) < 4.78 is 0. The molecular weight excluding hydrogens is 198 g/mol. The Kier molecular flexibility index (Phi) is 2.22. The van der Waals surface area contributed by atoms with Gasteiger partial charge in [-0.25, -0.2) is 4.98 Å². The Hall–Kier alpha value is -2.03. The second-order valence-electron chi connectivity index (χ2n) is 3.76. The van der Waals surface area contributed by atoms with Crippen molar-refractivity contribution in [1.29, 1.82) is 0 Å². The minimum Gasteiger partial charge on any atom is -0.361 e. The van der Waals surface area contributed by atoms with Crippen LogP contribution in [0.4, 0.5) is 0 Å². The Morgan fingerprint density at radius 2 is 2.12 bits per heavy atom. The van der Waals surface area contributed by atoms with Crippen molar-refractivity contribution in [2.45, 2.75) is 6.42 Å². The van der Waals surface area contributed by atoms with Crippen molar-refractivity contribution in [3.63, 3.8) is 0 Å². The van der Waals surface area contributed by atoms with Crippen LogP contribution in [0.1, 0.15) is 11.3 Å². The van der Waals surface area contributed by atoms with Crippen molar-refractivity contribution in [2.24, 2.45) is 0 Å². The van der Waals surface area contributed by atoms with Crippen LogP contribution in [-0.4, -0.2) is 15.0 Å². The molecule has 3 nitrogen and oxygen atoms in total. The summed E-state index contributed by atoms with van der Waals surface area (Å²) in [6.07, 6.45) is 8.71. The third-order valence-corrected chi connectivity index (χ3v) is 2.71. The summed E-state index contributed by atoms with van der Waals surface area (Å²) in [5.41, 5.74) is 3.47. The summed E-state index contributed by atoms with van der Waals surface area (Å²) in [4.78, 5) is 10.4. The summed E-state index contributed by atoms with van der Waals surface area (Å²) in [5.74, 6) is 0. The molecule has 3 heteroatoms. The fourth-order valence-corrected chi connectivity index (χ4v) is 1.88. The number of aromatic nitrogens is 3. The number of hydrogen-bond acceptors (Lipinski definition) is 1. The zero-order valence-corrected chi connectivity index (χ0v) is 8.77. The van der Waals surface area contributed by atoms with Crippen molar-refractivity contribution in [1.82, 2.24) is 15.0 Å². The van der Waals surface area contributed by atoms with Gasteiger partial charge in [0.15, 0.2) is 0 Å². The number of benzene rings is 1. The SMILES string of the molecule is [CH](Cc1c[nH]cn1)c1c[nH]c2ccccc12. The van der Waals surface area contributed by atoms with Gasteiger partial charge in [-0.2, -0.15) is 0 Å². The van der Waals surface area contributed by atoms with Crippen molar-refractivity contribution in [3.05, 3.63) is 60.7 Å². The molecule has 0 unspecified atom stereocenters. The Morgan fingerprint density at radius 1 is 1.19 bits per heavy atom. The molecule has 1 aromatic carbocycles. The zero-order chi connectivity index (χ0) is 10.8. The lowest BCUT2D eigenvalue weighted by Crippen LogP contribution is -1.87. The molecule has 3 rings (SSSR count). The second kappa shape index (κ2) is 3.85. The highest BCUT2D eigenvalue weighted by Crippen LogP contribution is 2.20. The average Bonchev–Trinajstić information content (AvgIpc) is 2.96. The zero-order valence-electron chi connectivity index (χ0n) is 8.77. The van der Waals surface area contributed by atoms with E-state index in [9.17, 15) is 0 Å². The fourth-order valence-electron chi connectivity index (χ4n) is 1.88. The molecule has 0 saturated carbocycles. The first-order valence-corrected chi connectivity index (χ1v) is 5.30. The molecule has 2 aromatic heterocycles. The first-order chi connectivity index (χ1) is 7.93. The van der Waals surface area contributed by atoms with E-state index in [0.29, 0.717) is 0 Å². The van der Waals surface area contributed by atoms with E-state index in [1.807, 2.05) is 18.5 Å². The molecule has 0 bridgehead atoms. The molecule has 0 aliphatic heterocycles. The molecule has 3 aromatic rings. The molecule has 0 aliphatic rings. The Bertz CT molecular complexity index is 578. The molecule has 2 N–H and O–H groups in total. The van der Waals surface area contributed by atoms with Gasteiger partial charge in [-0.1, -0.05) is 18.2 Å². The molecule has 0 spiro atoms. The quantitative estimate of drug-likeness (QED) is 0.685. The number of para-hydroxylation sites is 1. The molecule has 16 heavy (non-hydrogen) atoms. The van der Waals surface area contributed by atoms with Crippen LogP contribution in [0.15, 0.2) is 43.0 Å². The molecule has 0 saturated heterocycles. The maximum Gasteiger partial charge on any atom is 0.0923 e. The van der Waals surface area contributed by atoms with E-state index in [0.717, 1.165) is 12.1 Å². The van der Waals surface area contributed by atoms with Crippen LogP contribution in [0.5, 0.6) is 0 Å². The van der Waals surface area contributed by atoms with E-state index in [2.05, 4.69) is 39.6 Å². The molecule has 0 aliphatic carbocycles. The van der Waals surface area contributed by atoms with Crippen LogP contribution in [0.2, 0.25) is 0 Å². The monoisotopic (exact) mass is 210 g/mol. The molecule has 0 fully saturated rings. The molecule has 1 radical (unpaired) electrons. The molecule has 79 valence electrons. The van der Waals surface area contributed by atoms with E-state index >= 15 is 0 Å². The van der Waals surface area contributed by atoms with Crippen LogP contribution in [0.3, 0.4) is 0 Å². The minimum atomic E-state index is 0.853. The highest BCUT2D eigenvalue weighted by Gasteiger charge is 2.03. The first kappa shape index (κ1) is 9.21. The number of H-pyrrole nitrogens is 2. The Balaban J connectivity index is 1.84. The van der Waals surface area contributed by atoms with E-state index in [1.54, 1.807) is 6.33 Å². The van der Waals surface area contributed by atoms with Crippen molar-refractivity contribution < 1.29 is 0 Å². The third kappa shape index (κ3) is 1.60. The topological polar surface area (TPSA) is 44.5 Å². The lowest BCUT2D eigenvalue weighted by Gasteiger charge is -1.96. The van der Waals surface area contributed by atoms with Gasteiger partial charge in [-0.05, 0) is 24.5 Å². The predicted molar refractivity (Wildman–Crippen MR) is 64.0 cm³/mol. The van der Waals surface area contributed by atoms with Gasteiger partial charge in [0.1, 0.15) is 0 Å². The van der Waals surface area contributed by atoms with Gasteiger partial charge < -0.3 is 9.97 Å². The van der Waals surface area contributed by atoms with Gasteiger partial charge in [0.05, 0.1) is 12.0 Å². The summed E-state index contributed by atoms with van der Waals surface area (Å²) in [7, 11) is 0. The second-order valence-corrected chi connectivity index (χ2v) is 3.76. The van der Waals surface area contributed by atoms with Crippen molar-refractivity contribution >= 4 is 10.9 Å². The number of fused-ring (bicyclic) bond motifs is 1. The minimum absolute atomic E-state index is 0.853. The standard InChI is InChI=1S/C13H12N3/c1-2-4-13-12(3-1)10(7-15-13)5-6-11-8-14-9-16-11/h1-5,7-9,15H,6H2,(H,14,16). The summed E-state index contributed by atoms with van der Waals surface area (Å²) >= 11 is 0. The van der Waals surface area contributed by atoms with Gasteiger partial charge in [-0.3, -0.25) is 0 Å². The van der Waals surface area contributed by atoms with Crippen LogP contribution in [-0.2, 0) is 6.42 Å². The number of rotatable bonds is 3. The third-order valence-electron chi connectivity index (χ3n) is 2.71. The smallest absolute Gasteiger partial charge is 0.0923 e. The van der Waals surface area contributed by atoms with Crippen molar-refractivity contribution in [2.75, 3.05) is 0 Å². The van der Waals surface area contributed by atoms with Crippen LogP contribution < -0.4 is 0 Å². The Morgan fingerprint density at radius 3 is 3.00 bits per heavy atom. The van der Waals surface area contributed by atoms with Crippen LogP contribution in [0, 0.1) is 6.42 Å². The van der Waals surface area contributed by atoms with Gasteiger partial charge in [0.25, 0.3) is 0 Å². The number of aromatic amines is 2. The van der Waals surface area contributed by atoms with Crippen molar-refractivity contribution in [3.8, 4) is 0 Å². The first-order valence-electron chi connectivity index (χ1n) is 5.30. The number of nitrogens with zero attached hydrogens (tertiary/aromatic N) is 1. The lowest BCUT2D eigenvalue weighted by atomic mass is 10.1. The van der Waals surface area contributed by atoms with E-state index in [-0.39, 0.29) is 0 Å². The summed E-state index contributed by atoms with van der Waals surface area (Å²) in [6.45, 7) is 0. The highest BCUT2D eigenvalue weighted by atomic mass is 14.9. The predicted octanol–water partition coefficient (Wildman–Crippen LogP) is 2.69. The summed E-state index contributed by atoms with van der Waals surface area (Å²) in [5, 5.41) is 1.26. The maximum absolute atomic E-state index is 4.20. The number of nitrogens with one attached hydrogen (secondary N) is 2. The molecule has 0 atom stereocenters. The van der Waals surface area contributed by atoms with Crippen LogP contribution >= 0.6 is 0 Å². The largest absolute Gasteiger partial charge is 0.361 e. The number of hydrogen-bond donors (Lipinski definition) is 2. The average molecular weight is 210 g/mol. The molecular formula is C13H12N3. The van der Waals surface area contributed by atoms with E-state index in [1.165, 1.54) is 16.5 Å². The molecule has 0 amide bonds. The lowest BCUT2D eigenvalue weighted by molar-refractivity contribution is 1.09. The van der Waals surface area contributed by atoms with E-state index in [4.69, 9.17) is 0 Å². The highest BCUT2D eigenvalue weighted by molar-refractivity contribution is 5.84. The van der Waals surface area contributed by atoms with Crippen LogP contribution in [0.25, 0.3) is 10.9 Å². The summed E-state index contributed by atoms with van der Waals surface area (Å²) in [6, 6.07) is 8.31. The fraction of sp³-hybridized carbons (Fsp3) is 0.0769.